The van der Waals surface area contributed by atoms with Gasteiger partial charge >= 0.3 is 6.18 Å². The first-order valence-corrected chi connectivity index (χ1v) is 10.7. The van der Waals surface area contributed by atoms with E-state index in [0.29, 0.717) is 9.36 Å². The normalized spacial score (nSPS) is 11.5. The Morgan fingerprint density at radius 3 is 2.70 bits per heavy atom. The predicted octanol–water partition coefficient (Wildman–Crippen LogP) is 5.16. The zero-order valence-corrected chi connectivity index (χ0v) is 17.9. The molecule has 0 unspecified atom stereocenters. The van der Waals surface area contributed by atoms with Gasteiger partial charge in [-0.05, 0) is 30.3 Å². The Labute approximate surface area is 183 Å². The van der Waals surface area contributed by atoms with Crippen molar-refractivity contribution in [3.8, 4) is 0 Å². The Balaban J connectivity index is 1.55. The number of hydrogen-bond donors (Lipinski definition) is 1. The number of anilines is 1. The molecule has 3 rings (SSSR count). The molecule has 1 aromatic heterocycles. The highest BCUT2D eigenvalue weighted by molar-refractivity contribution is 8.01. The third-order valence-electron chi connectivity index (χ3n) is 3.96. The quantitative estimate of drug-likeness (QED) is 0.502. The first-order chi connectivity index (χ1) is 14.1. The number of alkyl halides is 3. The topological polar surface area (TPSA) is 62.3 Å². The summed E-state index contributed by atoms with van der Waals surface area (Å²) in [6, 6.07) is 10.0. The molecule has 0 spiro atoms. The van der Waals surface area contributed by atoms with E-state index in [1.165, 1.54) is 42.3 Å². The number of rotatable bonds is 6. The van der Waals surface area contributed by atoms with Crippen molar-refractivity contribution in [1.82, 2.24) is 9.88 Å². The Bertz CT molecular complexity index is 1090. The van der Waals surface area contributed by atoms with E-state index in [1.54, 1.807) is 12.1 Å². The van der Waals surface area contributed by atoms with Gasteiger partial charge in [0.25, 0.3) is 0 Å². The number of thiazole rings is 1. The maximum atomic E-state index is 13.0. The highest BCUT2D eigenvalue weighted by atomic mass is 35.5. The Hall–Kier alpha value is -2.30. The fourth-order valence-electron chi connectivity index (χ4n) is 2.51. The lowest BCUT2D eigenvalue weighted by atomic mass is 10.1. The van der Waals surface area contributed by atoms with Gasteiger partial charge in [0.2, 0.25) is 11.8 Å². The van der Waals surface area contributed by atoms with Crippen LogP contribution in [0.1, 0.15) is 5.56 Å². The number of benzene rings is 2. The van der Waals surface area contributed by atoms with Crippen LogP contribution in [0.5, 0.6) is 0 Å². The van der Waals surface area contributed by atoms with Gasteiger partial charge in [0.15, 0.2) is 4.34 Å². The third-order valence-corrected chi connectivity index (χ3v) is 6.36. The largest absolute Gasteiger partial charge is 0.418 e. The number of para-hydroxylation sites is 1. The molecule has 1 N–H and O–H groups in total. The monoisotopic (exact) mass is 473 g/mol. The molecule has 0 aliphatic rings. The SMILES string of the molecule is CN(CC(=O)Nc1ccccc1C(F)(F)F)C(=O)CSc1nc2cc(Cl)ccc2s1. The molecule has 0 radical (unpaired) electrons. The molecule has 2 aromatic carbocycles. The number of amides is 2. The van der Waals surface area contributed by atoms with Crippen LogP contribution in [0, 0.1) is 0 Å². The maximum absolute atomic E-state index is 13.0. The molecule has 158 valence electrons. The molecule has 1 heterocycles. The van der Waals surface area contributed by atoms with Gasteiger partial charge in [-0.15, -0.1) is 11.3 Å². The van der Waals surface area contributed by atoms with Crippen LogP contribution >= 0.6 is 34.7 Å². The van der Waals surface area contributed by atoms with Crippen LogP contribution in [0.15, 0.2) is 46.8 Å². The number of likely N-dealkylation sites (N-methyl/N-ethyl adjacent to an activating group) is 1. The number of aromatic nitrogens is 1. The number of halogens is 4. The van der Waals surface area contributed by atoms with Crippen LogP contribution in [0.4, 0.5) is 18.9 Å². The molecule has 11 heteroatoms. The summed E-state index contributed by atoms with van der Waals surface area (Å²) >= 11 is 8.57. The molecule has 0 saturated heterocycles. The van der Waals surface area contributed by atoms with Crippen LogP contribution in [-0.4, -0.2) is 41.0 Å². The second-order valence-electron chi connectivity index (χ2n) is 6.22. The highest BCUT2D eigenvalue weighted by Crippen LogP contribution is 2.34. The van der Waals surface area contributed by atoms with Gasteiger partial charge in [-0.25, -0.2) is 4.98 Å². The van der Waals surface area contributed by atoms with Crippen molar-refractivity contribution in [1.29, 1.82) is 0 Å². The van der Waals surface area contributed by atoms with Crippen LogP contribution in [0.2, 0.25) is 5.02 Å². The first kappa shape index (κ1) is 22.4. The van der Waals surface area contributed by atoms with Crippen molar-refractivity contribution in [2.45, 2.75) is 10.5 Å². The number of fused-ring (bicyclic) bond motifs is 1. The third kappa shape index (κ3) is 5.65. The van der Waals surface area contributed by atoms with Gasteiger partial charge in [0.05, 0.1) is 33.8 Å². The van der Waals surface area contributed by atoms with E-state index in [2.05, 4.69) is 10.3 Å². The lowest BCUT2D eigenvalue weighted by molar-refractivity contribution is -0.137. The minimum absolute atomic E-state index is 0.0382. The number of carbonyl (C=O) groups excluding carboxylic acids is 2. The Kier molecular flexibility index (Phi) is 6.89. The molecule has 5 nitrogen and oxygen atoms in total. The zero-order valence-electron chi connectivity index (χ0n) is 15.5. The second kappa shape index (κ2) is 9.23. The maximum Gasteiger partial charge on any atom is 0.418 e. The van der Waals surface area contributed by atoms with Gasteiger partial charge in [0, 0.05) is 12.1 Å². The van der Waals surface area contributed by atoms with Crippen LogP contribution in [0.25, 0.3) is 10.2 Å². The number of carbonyl (C=O) groups is 2. The minimum Gasteiger partial charge on any atom is -0.336 e. The fraction of sp³-hybridized carbons (Fsp3) is 0.211. The minimum atomic E-state index is -4.59. The van der Waals surface area contributed by atoms with Crippen molar-refractivity contribution in [2.24, 2.45) is 0 Å². The molecule has 0 saturated carbocycles. The summed E-state index contributed by atoms with van der Waals surface area (Å²) in [4.78, 5) is 30.0. The molecular formula is C19H15ClF3N3O2S2. The van der Waals surface area contributed by atoms with Crippen molar-refractivity contribution < 1.29 is 22.8 Å². The molecule has 0 bridgehead atoms. The molecule has 0 fully saturated rings. The Morgan fingerprint density at radius 1 is 1.23 bits per heavy atom. The van der Waals surface area contributed by atoms with Crippen molar-refractivity contribution in [3.63, 3.8) is 0 Å². The number of thioether (sulfide) groups is 1. The molecule has 0 aliphatic heterocycles. The first-order valence-electron chi connectivity index (χ1n) is 8.52. The van der Waals surface area contributed by atoms with E-state index in [1.807, 2.05) is 6.07 Å². The van der Waals surface area contributed by atoms with Gasteiger partial charge in [-0.1, -0.05) is 35.5 Å². The zero-order chi connectivity index (χ0) is 21.9. The fourth-order valence-corrected chi connectivity index (χ4v) is 4.66. The Morgan fingerprint density at radius 2 is 1.97 bits per heavy atom. The van der Waals surface area contributed by atoms with Gasteiger partial charge < -0.3 is 10.2 Å². The van der Waals surface area contributed by atoms with Gasteiger partial charge in [-0.2, -0.15) is 13.2 Å². The molecular weight excluding hydrogens is 459 g/mol. The lowest BCUT2D eigenvalue weighted by Gasteiger charge is -2.18. The van der Waals surface area contributed by atoms with E-state index in [-0.39, 0.29) is 23.9 Å². The smallest absolute Gasteiger partial charge is 0.336 e. The summed E-state index contributed by atoms with van der Waals surface area (Å²) in [6.45, 7) is -0.374. The predicted molar refractivity (Wildman–Crippen MR) is 113 cm³/mol. The lowest BCUT2D eigenvalue weighted by Crippen LogP contribution is -2.36. The van der Waals surface area contributed by atoms with E-state index >= 15 is 0 Å². The molecule has 0 aliphatic carbocycles. The average Bonchev–Trinajstić information content (AvgIpc) is 3.07. The van der Waals surface area contributed by atoms with E-state index in [4.69, 9.17) is 11.6 Å². The van der Waals surface area contributed by atoms with Crippen LogP contribution in [0.3, 0.4) is 0 Å². The van der Waals surface area contributed by atoms with E-state index in [9.17, 15) is 22.8 Å². The molecule has 2 amide bonds. The average molecular weight is 474 g/mol. The summed E-state index contributed by atoms with van der Waals surface area (Å²) in [5, 5.41) is 2.79. The summed E-state index contributed by atoms with van der Waals surface area (Å²) in [7, 11) is 1.41. The molecule has 3 aromatic rings. The van der Waals surface area contributed by atoms with Crippen molar-refractivity contribution in [2.75, 3.05) is 24.7 Å². The summed E-state index contributed by atoms with van der Waals surface area (Å²) in [5.41, 5.74) is -0.560. The summed E-state index contributed by atoms with van der Waals surface area (Å²) < 4.78 is 40.7. The summed E-state index contributed by atoms with van der Waals surface area (Å²) in [5.74, 6) is -1.03. The molecule has 30 heavy (non-hydrogen) atoms. The van der Waals surface area contributed by atoms with Crippen molar-refractivity contribution in [3.05, 3.63) is 53.1 Å². The second-order valence-corrected chi connectivity index (χ2v) is 8.91. The number of nitrogens with zero attached hydrogens (tertiary/aromatic N) is 2. The number of nitrogens with one attached hydrogen (secondary N) is 1. The molecule has 0 atom stereocenters. The standard InChI is InChI=1S/C19H15ClF3N3O2S2/c1-26(9-16(27)24-13-5-3-2-4-12(13)19(21,22)23)17(28)10-29-18-25-14-8-11(20)6-7-15(14)30-18/h2-8H,9-10H2,1H3,(H,24,27). The van der Waals surface area contributed by atoms with Gasteiger partial charge in [0.1, 0.15) is 0 Å². The van der Waals surface area contributed by atoms with Crippen molar-refractivity contribution >= 4 is 62.4 Å². The highest BCUT2D eigenvalue weighted by Gasteiger charge is 2.33. The van der Waals surface area contributed by atoms with Crippen LogP contribution < -0.4 is 5.32 Å². The number of hydrogen-bond acceptors (Lipinski definition) is 5. The van der Waals surface area contributed by atoms with E-state index in [0.717, 1.165) is 27.2 Å². The van der Waals surface area contributed by atoms with Gasteiger partial charge in [-0.3, -0.25) is 9.59 Å². The van der Waals surface area contributed by atoms with Crippen LogP contribution in [-0.2, 0) is 15.8 Å². The summed E-state index contributed by atoms with van der Waals surface area (Å²) in [6.07, 6.45) is -4.59. The van der Waals surface area contributed by atoms with E-state index < -0.39 is 17.6 Å².